The summed E-state index contributed by atoms with van der Waals surface area (Å²) in [6, 6.07) is -0.197. The molecule has 208 valence electrons. The maximum atomic E-state index is 12.9. The summed E-state index contributed by atoms with van der Waals surface area (Å²) >= 11 is 1.58. The van der Waals surface area contributed by atoms with Gasteiger partial charge in [0.25, 0.3) is 0 Å². The molecule has 0 aliphatic carbocycles. The van der Waals surface area contributed by atoms with Gasteiger partial charge < -0.3 is 25.8 Å². The molecule has 1 aliphatic heterocycles. The maximum Gasteiger partial charge on any atom is 0.306 e. The van der Waals surface area contributed by atoms with Gasteiger partial charge in [-0.25, -0.2) is 4.98 Å². The van der Waals surface area contributed by atoms with Crippen LogP contribution in [0.2, 0.25) is 0 Å². The van der Waals surface area contributed by atoms with Gasteiger partial charge in [-0.05, 0) is 39.7 Å². The Hall–Kier alpha value is -1.98. The lowest BCUT2D eigenvalue weighted by Crippen LogP contribution is -2.46. The summed E-state index contributed by atoms with van der Waals surface area (Å²) in [7, 11) is 0. The van der Waals surface area contributed by atoms with Crippen molar-refractivity contribution in [3.63, 3.8) is 0 Å². The molecule has 1 aliphatic rings. The lowest BCUT2D eigenvalue weighted by atomic mass is 9.73. The van der Waals surface area contributed by atoms with Crippen LogP contribution in [-0.2, 0) is 19.1 Å². The van der Waals surface area contributed by atoms with E-state index in [0.29, 0.717) is 12.8 Å². The first-order valence-corrected chi connectivity index (χ1v) is 13.6. The fraction of sp³-hybridized carbons (Fsp3) is 0.704. The summed E-state index contributed by atoms with van der Waals surface area (Å²) < 4.78 is 5.89. The number of aromatic nitrogens is 1. The van der Waals surface area contributed by atoms with Crippen LogP contribution >= 0.6 is 11.3 Å². The normalized spacial score (nSPS) is 24.2. The molecule has 1 aromatic rings. The van der Waals surface area contributed by atoms with Crippen LogP contribution in [0.15, 0.2) is 11.0 Å². The lowest BCUT2D eigenvalue weighted by Gasteiger charge is -2.33. The highest BCUT2D eigenvalue weighted by Crippen LogP contribution is 2.43. The number of carboxylic acid groups (broad SMARTS) is 1. The zero-order valence-corrected chi connectivity index (χ0v) is 23.7. The number of ketones is 2. The van der Waals surface area contributed by atoms with Crippen LogP contribution in [-0.4, -0.2) is 67.8 Å². The number of epoxide rings is 1. The fourth-order valence-corrected chi connectivity index (χ4v) is 5.13. The Balaban J connectivity index is 1.88. The van der Waals surface area contributed by atoms with Crippen molar-refractivity contribution in [2.45, 2.75) is 104 Å². The predicted molar refractivity (Wildman–Crippen MR) is 142 cm³/mol. The first-order chi connectivity index (χ1) is 17.0. The van der Waals surface area contributed by atoms with Gasteiger partial charge in [0.05, 0.1) is 46.5 Å². The number of hydrogen-bond acceptors (Lipinski definition) is 9. The predicted octanol–water partition coefficient (Wildman–Crippen LogP) is 3.14. The molecule has 0 amide bonds. The highest BCUT2D eigenvalue weighted by molar-refractivity contribution is 7.09. The van der Waals surface area contributed by atoms with Crippen LogP contribution in [0.5, 0.6) is 0 Å². The number of ether oxygens (including phenoxy) is 1. The Bertz CT molecular complexity index is 1020. The molecule has 1 fully saturated rings. The number of aliphatic hydroxyl groups is 2. The molecule has 1 aromatic heterocycles. The van der Waals surface area contributed by atoms with E-state index in [4.69, 9.17) is 15.6 Å². The number of nitrogens with two attached hydrogens (primary N) is 1. The third-order valence-corrected chi connectivity index (χ3v) is 8.54. The molecule has 5 N–H and O–H groups in total. The van der Waals surface area contributed by atoms with Gasteiger partial charge in [-0.3, -0.25) is 14.4 Å². The number of thiazole rings is 1. The number of Topliss-reactive ketones (excluding diaryl/α,β-unsaturated/α-hetero) is 2. The molecule has 0 bridgehead atoms. The van der Waals surface area contributed by atoms with E-state index < -0.39 is 53.2 Å². The molecule has 0 radical (unpaired) electrons. The van der Waals surface area contributed by atoms with Crippen molar-refractivity contribution >= 4 is 34.9 Å². The Morgan fingerprint density at radius 2 is 1.89 bits per heavy atom. The molecule has 37 heavy (non-hydrogen) atoms. The van der Waals surface area contributed by atoms with E-state index in [-0.39, 0.29) is 24.3 Å². The fourth-order valence-electron chi connectivity index (χ4n) is 4.56. The SMILES string of the molecule is CC(=Cc1csc(C)n1)[C@@H](N)C[C@@H]1O[C@]1(C)CCC(=O)C(C)[C@H](O)[C@@H](C)C(=O)C(C)(C)[C@@H](O)CC(=O)O. The number of aliphatic hydroxyl groups excluding tert-OH is 2. The standard InChI is InChI=1S/C27H42N2O7S/c1-14(10-18-13-37-17(4)29-18)19(28)11-22-27(7,36-22)9-8-20(30)15(2)24(34)16(3)25(35)26(5,6)21(31)12-23(32)33/h10,13,15-16,19,21-22,24,31,34H,8-9,11-12,28H2,1-7H3,(H,32,33)/t15?,16-,19+,21+,22+,24+,27-/m1/s1. The quantitative estimate of drug-likeness (QED) is 0.246. The number of hydrogen-bond donors (Lipinski definition) is 4. The van der Waals surface area contributed by atoms with Gasteiger partial charge in [0.15, 0.2) is 0 Å². The van der Waals surface area contributed by atoms with Gasteiger partial charge in [-0.15, -0.1) is 11.3 Å². The molecule has 2 rings (SSSR count). The van der Waals surface area contributed by atoms with Crippen molar-refractivity contribution in [1.29, 1.82) is 0 Å². The minimum Gasteiger partial charge on any atom is -0.481 e. The third kappa shape index (κ3) is 8.00. The monoisotopic (exact) mass is 538 g/mol. The van der Waals surface area contributed by atoms with Crippen molar-refractivity contribution in [2.75, 3.05) is 0 Å². The Morgan fingerprint density at radius 1 is 1.27 bits per heavy atom. The average Bonchev–Trinajstić information content (AvgIpc) is 3.26. The second-order valence-corrected chi connectivity index (χ2v) is 12.2. The van der Waals surface area contributed by atoms with E-state index in [1.54, 1.807) is 18.3 Å². The van der Waals surface area contributed by atoms with Gasteiger partial charge in [0.2, 0.25) is 0 Å². The van der Waals surface area contributed by atoms with Gasteiger partial charge in [0.1, 0.15) is 11.6 Å². The van der Waals surface area contributed by atoms with Crippen molar-refractivity contribution < 1.29 is 34.4 Å². The van der Waals surface area contributed by atoms with Gasteiger partial charge >= 0.3 is 5.97 Å². The number of carbonyl (C=O) groups excluding carboxylic acids is 2. The molecule has 10 heteroatoms. The first kappa shape index (κ1) is 31.2. The van der Waals surface area contributed by atoms with Crippen LogP contribution in [0, 0.1) is 24.2 Å². The van der Waals surface area contributed by atoms with Crippen molar-refractivity contribution in [1.82, 2.24) is 4.98 Å². The van der Waals surface area contributed by atoms with Crippen LogP contribution in [0.25, 0.3) is 6.08 Å². The van der Waals surface area contributed by atoms with E-state index in [1.807, 2.05) is 32.2 Å². The second kappa shape index (κ2) is 12.3. The van der Waals surface area contributed by atoms with Crippen molar-refractivity contribution in [2.24, 2.45) is 23.0 Å². The number of aliphatic carboxylic acids is 1. The van der Waals surface area contributed by atoms with E-state index in [1.165, 1.54) is 20.8 Å². The van der Waals surface area contributed by atoms with E-state index in [0.717, 1.165) is 16.3 Å². The Morgan fingerprint density at radius 3 is 2.43 bits per heavy atom. The van der Waals surface area contributed by atoms with Gasteiger partial charge in [0, 0.05) is 29.7 Å². The molecule has 9 nitrogen and oxygen atoms in total. The number of carboxylic acids is 1. The van der Waals surface area contributed by atoms with E-state index in [2.05, 4.69) is 4.98 Å². The molecular weight excluding hydrogens is 496 g/mol. The average molecular weight is 539 g/mol. The second-order valence-electron chi connectivity index (χ2n) is 11.2. The molecule has 1 unspecified atom stereocenters. The highest BCUT2D eigenvalue weighted by Gasteiger charge is 2.52. The van der Waals surface area contributed by atoms with Crippen LogP contribution < -0.4 is 5.73 Å². The topological polar surface area (TPSA) is 163 Å². The Kier molecular flexibility index (Phi) is 10.3. The number of nitrogens with zero attached hydrogens (tertiary/aromatic N) is 1. The first-order valence-electron chi connectivity index (χ1n) is 12.7. The molecule has 0 saturated carbocycles. The molecule has 7 atom stereocenters. The maximum absolute atomic E-state index is 12.9. The van der Waals surface area contributed by atoms with E-state index in [9.17, 15) is 24.6 Å². The number of carbonyl (C=O) groups is 3. The molecule has 0 aromatic carbocycles. The summed E-state index contributed by atoms with van der Waals surface area (Å²) in [4.78, 5) is 41.2. The minimum atomic E-state index is -1.41. The zero-order valence-electron chi connectivity index (χ0n) is 22.9. The van der Waals surface area contributed by atoms with Crippen LogP contribution in [0.4, 0.5) is 0 Å². The lowest BCUT2D eigenvalue weighted by molar-refractivity contribution is -0.147. The summed E-state index contributed by atoms with van der Waals surface area (Å²) in [5.41, 5.74) is 6.41. The van der Waals surface area contributed by atoms with Crippen molar-refractivity contribution in [3.8, 4) is 0 Å². The molecule has 0 spiro atoms. The highest BCUT2D eigenvalue weighted by atomic mass is 32.1. The van der Waals surface area contributed by atoms with E-state index >= 15 is 0 Å². The summed E-state index contributed by atoms with van der Waals surface area (Å²) in [5, 5.41) is 32.9. The summed E-state index contributed by atoms with van der Waals surface area (Å²) in [6.45, 7) is 11.8. The third-order valence-electron chi connectivity index (χ3n) is 7.75. The molecule has 2 heterocycles. The number of aryl methyl sites for hydroxylation is 1. The smallest absolute Gasteiger partial charge is 0.306 e. The van der Waals surface area contributed by atoms with Crippen LogP contribution in [0.1, 0.15) is 77.9 Å². The summed E-state index contributed by atoms with van der Waals surface area (Å²) in [5.74, 6) is -3.66. The summed E-state index contributed by atoms with van der Waals surface area (Å²) in [6.07, 6.45) is -0.0717. The van der Waals surface area contributed by atoms with Crippen molar-refractivity contribution in [3.05, 3.63) is 21.7 Å². The Labute approximate surface area is 223 Å². The molecular formula is C27H42N2O7S. The molecule has 1 saturated heterocycles. The van der Waals surface area contributed by atoms with Crippen LogP contribution in [0.3, 0.4) is 0 Å². The largest absolute Gasteiger partial charge is 0.481 e. The minimum absolute atomic E-state index is 0.0759. The van der Waals surface area contributed by atoms with Gasteiger partial charge in [-0.2, -0.15) is 0 Å². The number of rotatable bonds is 15. The zero-order chi connectivity index (χ0) is 28.3. The van der Waals surface area contributed by atoms with Gasteiger partial charge in [-0.1, -0.05) is 33.3 Å².